The molecule has 0 radical (unpaired) electrons. The summed E-state index contributed by atoms with van der Waals surface area (Å²) in [5.74, 6) is 0.0677. The van der Waals surface area contributed by atoms with Crippen molar-refractivity contribution >= 4 is 5.97 Å². The Morgan fingerprint density at radius 1 is 1.08 bits per heavy atom. The molecule has 26 heavy (non-hydrogen) atoms. The van der Waals surface area contributed by atoms with Crippen molar-refractivity contribution in [3.63, 3.8) is 0 Å². The van der Waals surface area contributed by atoms with E-state index in [0.29, 0.717) is 31.3 Å². The number of benzene rings is 1. The molecule has 0 spiro atoms. The van der Waals surface area contributed by atoms with Crippen molar-refractivity contribution in [3.8, 4) is 0 Å². The lowest BCUT2D eigenvalue weighted by molar-refractivity contribution is -0.0403. The molecule has 0 amide bonds. The third-order valence-electron chi connectivity index (χ3n) is 4.82. The number of hydrogen-bond donors (Lipinski definition) is 1. The highest BCUT2D eigenvalue weighted by molar-refractivity contribution is 5.89. The van der Waals surface area contributed by atoms with Crippen molar-refractivity contribution in [1.82, 2.24) is 5.32 Å². The number of rotatable bonds is 10. The van der Waals surface area contributed by atoms with Gasteiger partial charge in [0.2, 0.25) is 0 Å². The number of carbonyl (C=O) groups is 1. The Kier molecular flexibility index (Phi) is 9.05. The van der Waals surface area contributed by atoms with Gasteiger partial charge in [0.15, 0.2) is 0 Å². The van der Waals surface area contributed by atoms with Gasteiger partial charge in [-0.3, -0.25) is 0 Å². The van der Waals surface area contributed by atoms with Crippen LogP contribution in [0.1, 0.15) is 41.7 Å². The minimum absolute atomic E-state index is 0.222. The normalized spacial score (nSPS) is 23.0. The second-order valence-electron chi connectivity index (χ2n) is 6.45. The van der Waals surface area contributed by atoms with Crippen LogP contribution >= 0.6 is 0 Å². The molecule has 1 saturated heterocycles. The van der Waals surface area contributed by atoms with E-state index in [1.54, 1.807) is 14.2 Å². The lowest BCUT2D eigenvalue weighted by Gasteiger charge is -2.38. The second-order valence-corrected chi connectivity index (χ2v) is 6.45. The number of nitrogens with one attached hydrogen (secondary N) is 1. The summed E-state index contributed by atoms with van der Waals surface area (Å²) in [5, 5.41) is 3.60. The molecular formula is C20H31NO5. The van der Waals surface area contributed by atoms with Crippen LogP contribution in [0.3, 0.4) is 0 Å². The summed E-state index contributed by atoms with van der Waals surface area (Å²) in [5.41, 5.74) is 1.73. The van der Waals surface area contributed by atoms with E-state index < -0.39 is 0 Å². The number of piperidine rings is 1. The molecule has 0 bridgehead atoms. The first kappa shape index (κ1) is 20.8. The SMILES string of the molecule is CCC1[C@@H](OCCOC)CCN[C@@H]1c1ccc(C(=O)OCCOC)cc1. The van der Waals surface area contributed by atoms with Crippen molar-refractivity contribution in [2.45, 2.75) is 31.9 Å². The van der Waals surface area contributed by atoms with Crippen LogP contribution in [0.2, 0.25) is 0 Å². The number of hydrogen-bond acceptors (Lipinski definition) is 6. The molecule has 1 fully saturated rings. The monoisotopic (exact) mass is 365 g/mol. The molecule has 0 aliphatic carbocycles. The van der Waals surface area contributed by atoms with Crippen molar-refractivity contribution in [1.29, 1.82) is 0 Å². The third kappa shape index (κ3) is 5.77. The highest BCUT2D eigenvalue weighted by Gasteiger charge is 2.33. The summed E-state index contributed by atoms with van der Waals surface area (Å²) in [6, 6.07) is 7.89. The first-order valence-electron chi connectivity index (χ1n) is 9.31. The Balaban J connectivity index is 2.00. The van der Waals surface area contributed by atoms with Crippen LogP contribution in [0.15, 0.2) is 24.3 Å². The fourth-order valence-electron chi connectivity index (χ4n) is 3.44. The maximum atomic E-state index is 12.0. The van der Waals surface area contributed by atoms with Crippen LogP contribution in [0.4, 0.5) is 0 Å². The molecule has 1 N–H and O–H groups in total. The number of methoxy groups -OCH3 is 2. The topological polar surface area (TPSA) is 66.0 Å². The van der Waals surface area contributed by atoms with Gasteiger partial charge in [-0.25, -0.2) is 4.79 Å². The molecule has 1 aliphatic rings. The van der Waals surface area contributed by atoms with E-state index in [4.69, 9.17) is 18.9 Å². The number of carbonyl (C=O) groups excluding carboxylic acids is 1. The van der Waals surface area contributed by atoms with E-state index in [1.807, 2.05) is 24.3 Å². The number of esters is 1. The molecule has 1 unspecified atom stereocenters. The summed E-state index contributed by atoms with van der Waals surface area (Å²) in [6.45, 7) is 5.01. The largest absolute Gasteiger partial charge is 0.460 e. The molecule has 1 heterocycles. The third-order valence-corrected chi connectivity index (χ3v) is 4.82. The van der Waals surface area contributed by atoms with Crippen molar-refractivity contribution in [2.24, 2.45) is 5.92 Å². The lowest BCUT2D eigenvalue weighted by Crippen LogP contribution is -2.44. The second kappa shape index (κ2) is 11.3. The fourth-order valence-corrected chi connectivity index (χ4v) is 3.44. The van der Waals surface area contributed by atoms with Gasteiger partial charge in [-0.05, 0) is 37.1 Å². The lowest BCUT2D eigenvalue weighted by atomic mass is 9.82. The predicted octanol–water partition coefficient (Wildman–Crippen LogP) is 2.58. The maximum absolute atomic E-state index is 12.0. The van der Waals surface area contributed by atoms with Gasteiger partial charge in [0.05, 0.1) is 31.5 Å². The minimum Gasteiger partial charge on any atom is -0.460 e. The highest BCUT2D eigenvalue weighted by Crippen LogP contribution is 2.33. The summed E-state index contributed by atoms with van der Waals surface area (Å²) >= 11 is 0. The molecule has 6 nitrogen and oxygen atoms in total. The maximum Gasteiger partial charge on any atom is 0.338 e. The average molecular weight is 365 g/mol. The Labute approximate surface area is 156 Å². The van der Waals surface area contributed by atoms with E-state index in [-0.39, 0.29) is 24.7 Å². The molecule has 1 aliphatic heterocycles. The van der Waals surface area contributed by atoms with Crippen LogP contribution in [0.5, 0.6) is 0 Å². The van der Waals surface area contributed by atoms with Crippen LogP contribution in [-0.2, 0) is 18.9 Å². The van der Waals surface area contributed by atoms with E-state index >= 15 is 0 Å². The summed E-state index contributed by atoms with van der Waals surface area (Å²) in [4.78, 5) is 12.0. The van der Waals surface area contributed by atoms with E-state index in [9.17, 15) is 4.79 Å². The predicted molar refractivity (Wildman–Crippen MR) is 99.4 cm³/mol. The van der Waals surface area contributed by atoms with Gasteiger partial charge in [0.25, 0.3) is 0 Å². The summed E-state index contributed by atoms with van der Waals surface area (Å²) in [6.07, 6.45) is 2.25. The fraction of sp³-hybridized carbons (Fsp3) is 0.650. The molecule has 0 saturated carbocycles. The Morgan fingerprint density at radius 2 is 1.77 bits per heavy atom. The average Bonchev–Trinajstić information content (AvgIpc) is 2.68. The van der Waals surface area contributed by atoms with Crippen LogP contribution in [0.25, 0.3) is 0 Å². The standard InChI is InChI=1S/C20H31NO5/c1-4-17-18(25-13-11-23-2)9-10-21-19(17)15-5-7-16(8-6-15)20(22)26-14-12-24-3/h5-8,17-19,21H,4,9-14H2,1-3H3/t17?,18-,19+/m0/s1. The minimum atomic E-state index is -0.321. The Morgan fingerprint density at radius 3 is 2.42 bits per heavy atom. The van der Waals surface area contributed by atoms with Crippen molar-refractivity contribution in [3.05, 3.63) is 35.4 Å². The molecule has 3 atom stereocenters. The molecule has 146 valence electrons. The van der Waals surface area contributed by atoms with Gasteiger partial charge in [-0.2, -0.15) is 0 Å². The summed E-state index contributed by atoms with van der Waals surface area (Å²) < 4.78 is 21.2. The molecular weight excluding hydrogens is 334 g/mol. The molecule has 2 rings (SSSR count). The molecule has 1 aromatic carbocycles. The van der Waals surface area contributed by atoms with Gasteiger partial charge in [0, 0.05) is 26.2 Å². The highest BCUT2D eigenvalue weighted by atomic mass is 16.6. The molecule has 6 heteroatoms. The zero-order valence-corrected chi connectivity index (χ0v) is 16.0. The zero-order chi connectivity index (χ0) is 18.8. The van der Waals surface area contributed by atoms with Crippen LogP contribution < -0.4 is 5.32 Å². The zero-order valence-electron chi connectivity index (χ0n) is 16.0. The van der Waals surface area contributed by atoms with E-state index in [0.717, 1.165) is 19.4 Å². The molecule has 0 aromatic heterocycles. The first-order chi connectivity index (χ1) is 12.7. The van der Waals surface area contributed by atoms with E-state index in [2.05, 4.69) is 12.2 Å². The van der Waals surface area contributed by atoms with E-state index in [1.165, 1.54) is 5.56 Å². The smallest absolute Gasteiger partial charge is 0.338 e. The first-order valence-corrected chi connectivity index (χ1v) is 9.31. The van der Waals surface area contributed by atoms with Gasteiger partial charge >= 0.3 is 5.97 Å². The van der Waals surface area contributed by atoms with Crippen molar-refractivity contribution < 1.29 is 23.7 Å². The van der Waals surface area contributed by atoms with Gasteiger partial charge in [0.1, 0.15) is 6.61 Å². The Hall–Kier alpha value is -1.47. The van der Waals surface area contributed by atoms with Crippen LogP contribution in [-0.4, -0.2) is 59.3 Å². The quantitative estimate of drug-likeness (QED) is 0.508. The van der Waals surface area contributed by atoms with Crippen LogP contribution in [0, 0.1) is 5.92 Å². The molecule has 1 aromatic rings. The number of ether oxygens (including phenoxy) is 4. The van der Waals surface area contributed by atoms with Gasteiger partial charge in [-0.15, -0.1) is 0 Å². The van der Waals surface area contributed by atoms with Gasteiger partial charge < -0.3 is 24.3 Å². The van der Waals surface area contributed by atoms with Gasteiger partial charge in [-0.1, -0.05) is 19.1 Å². The Bertz CT molecular complexity index is 534. The summed E-state index contributed by atoms with van der Waals surface area (Å²) in [7, 11) is 3.27. The van der Waals surface area contributed by atoms with Crippen molar-refractivity contribution in [2.75, 3.05) is 47.2 Å².